The second-order valence-corrected chi connectivity index (χ2v) is 5.31. The van der Waals surface area contributed by atoms with Gasteiger partial charge in [-0.3, -0.25) is 4.79 Å². The van der Waals surface area contributed by atoms with E-state index >= 15 is 0 Å². The Balaban J connectivity index is 1.91. The fraction of sp³-hybridized carbons (Fsp3) is 0.583. The number of carbonyl (C=O) groups excluding carboxylic acids is 1. The monoisotopic (exact) mass is 224 g/mol. The summed E-state index contributed by atoms with van der Waals surface area (Å²) < 4.78 is 5.56. The number of rotatable bonds is 3. The van der Waals surface area contributed by atoms with E-state index in [0.717, 1.165) is 24.3 Å². The number of hydrogen-bond acceptors (Lipinski definition) is 3. The van der Waals surface area contributed by atoms with Gasteiger partial charge in [-0.2, -0.15) is 0 Å². The molecule has 1 aromatic heterocycles. The number of Topliss-reactive ketones (excluding diaryl/α,β-unsaturated/α-hetero) is 1. The van der Waals surface area contributed by atoms with Crippen LogP contribution in [0.1, 0.15) is 40.2 Å². The number of aryl methyl sites for hydroxylation is 1. The third-order valence-corrected chi connectivity index (χ3v) is 3.74. The smallest absolute Gasteiger partial charge is 0.175 e. The van der Waals surface area contributed by atoms with Crippen LogP contribution in [0, 0.1) is 6.92 Å². The van der Waals surface area contributed by atoms with Gasteiger partial charge in [0.1, 0.15) is 0 Å². The minimum atomic E-state index is 0.161. The van der Waals surface area contributed by atoms with Crippen molar-refractivity contribution in [3.63, 3.8) is 0 Å². The van der Waals surface area contributed by atoms with E-state index in [0.29, 0.717) is 6.42 Å². The van der Waals surface area contributed by atoms with Crippen LogP contribution in [0.2, 0.25) is 0 Å². The zero-order valence-corrected chi connectivity index (χ0v) is 9.81. The van der Waals surface area contributed by atoms with E-state index in [9.17, 15) is 4.79 Å². The summed E-state index contributed by atoms with van der Waals surface area (Å²) in [6, 6.07) is 3.92. The molecule has 2 rings (SSSR count). The molecule has 82 valence electrons. The molecule has 1 unspecified atom stereocenters. The van der Waals surface area contributed by atoms with Gasteiger partial charge < -0.3 is 4.74 Å². The Kier molecular flexibility index (Phi) is 3.54. The maximum atomic E-state index is 11.9. The van der Waals surface area contributed by atoms with Gasteiger partial charge in [-0.15, -0.1) is 11.3 Å². The first-order chi connectivity index (χ1) is 7.25. The van der Waals surface area contributed by atoms with Gasteiger partial charge in [-0.25, -0.2) is 0 Å². The Bertz CT molecular complexity index is 337. The van der Waals surface area contributed by atoms with Gasteiger partial charge in [0.05, 0.1) is 11.0 Å². The van der Waals surface area contributed by atoms with Gasteiger partial charge in [0.2, 0.25) is 0 Å². The summed E-state index contributed by atoms with van der Waals surface area (Å²) in [6.45, 7) is 2.85. The maximum absolute atomic E-state index is 11.9. The first-order valence-corrected chi connectivity index (χ1v) is 6.28. The Hall–Kier alpha value is -0.670. The first-order valence-electron chi connectivity index (χ1n) is 5.47. The van der Waals surface area contributed by atoms with Crippen LogP contribution >= 0.6 is 11.3 Å². The number of thiophene rings is 1. The van der Waals surface area contributed by atoms with Crippen molar-refractivity contribution in [1.82, 2.24) is 0 Å². The van der Waals surface area contributed by atoms with Gasteiger partial charge in [-0.1, -0.05) is 0 Å². The summed E-state index contributed by atoms with van der Waals surface area (Å²) >= 11 is 1.58. The van der Waals surface area contributed by atoms with Crippen molar-refractivity contribution in [2.75, 3.05) is 6.61 Å². The molecule has 1 aliphatic rings. The molecule has 2 heterocycles. The third-order valence-electron chi connectivity index (χ3n) is 2.70. The van der Waals surface area contributed by atoms with Crippen molar-refractivity contribution >= 4 is 17.1 Å². The molecule has 1 fully saturated rings. The van der Waals surface area contributed by atoms with E-state index in [2.05, 4.69) is 0 Å². The lowest BCUT2D eigenvalue weighted by atomic mass is 10.0. The summed E-state index contributed by atoms with van der Waals surface area (Å²) in [5, 5.41) is 0. The molecule has 1 saturated heterocycles. The summed E-state index contributed by atoms with van der Waals surface area (Å²) in [4.78, 5) is 13.9. The van der Waals surface area contributed by atoms with E-state index in [1.54, 1.807) is 11.3 Å². The average Bonchev–Trinajstić information content (AvgIpc) is 2.66. The molecule has 0 aliphatic carbocycles. The molecule has 1 aromatic rings. The second kappa shape index (κ2) is 4.90. The molecule has 2 nitrogen and oxygen atoms in total. The van der Waals surface area contributed by atoms with E-state index in [4.69, 9.17) is 4.74 Å². The van der Waals surface area contributed by atoms with Crippen LogP contribution in [0.5, 0.6) is 0 Å². The van der Waals surface area contributed by atoms with Crippen LogP contribution in [0.25, 0.3) is 0 Å². The Morgan fingerprint density at radius 3 is 3.00 bits per heavy atom. The summed E-state index contributed by atoms with van der Waals surface area (Å²) in [5.74, 6) is 0.236. The van der Waals surface area contributed by atoms with Crippen molar-refractivity contribution in [3.05, 3.63) is 21.9 Å². The molecule has 0 saturated carbocycles. The molecule has 1 atom stereocenters. The predicted molar refractivity (Wildman–Crippen MR) is 61.6 cm³/mol. The highest BCUT2D eigenvalue weighted by Crippen LogP contribution is 2.21. The Morgan fingerprint density at radius 2 is 2.40 bits per heavy atom. The second-order valence-electron chi connectivity index (χ2n) is 4.03. The quantitative estimate of drug-likeness (QED) is 0.737. The molecule has 0 aromatic carbocycles. The van der Waals surface area contributed by atoms with E-state index < -0.39 is 0 Å². The number of ketones is 1. The van der Waals surface area contributed by atoms with Gasteiger partial charge in [0.15, 0.2) is 5.78 Å². The van der Waals surface area contributed by atoms with Gasteiger partial charge >= 0.3 is 0 Å². The SMILES string of the molecule is Cc1ccc(C(=O)CC2CCCCO2)s1. The van der Waals surface area contributed by atoms with E-state index in [1.807, 2.05) is 19.1 Å². The molecule has 0 radical (unpaired) electrons. The molecular formula is C12H16O2S. The standard InChI is InChI=1S/C12H16O2S/c1-9-5-6-12(15-9)11(13)8-10-4-2-3-7-14-10/h5-6,10H,2-4,7-8H2,1H3. The van der Waals surface area contributed by atoms with E-state index in [1.165, 1.54) is 11.3 Å². The minimum Gasteiger partial charge on any atom is -0.378 e. The number of ether oxygens (including phenoxy) is 1. The topological polar surface area (TPSA) is 26.3 Å². The third kappa shape index (κ3) is 2.89. The Morgan fingerprint density at radius 1 is 1.53 bits per heavy atom. The summed E-state index contributed by atoms with van der Waals surface area (Å²) in [7, 11) is 0. The Labute approximate surface area is 94.3 Å². The highest BCUT2D eigenvalue weighted by Gasteiger charge is 2.19. The average molecular weight is 224 g/mol. The van der Waals surface area contributed by atoms with Crippen molar-refractivity contribution in [2.24, 2.45) is 0 Å². The molecular weight excluding hydrogens is 208 g/mol. The van der Waals surface area contributed by atoms with Crippen LogP contribution in [-0.2, 0) is 4.74 Å². The lowest BCUT2D eigenvalue weighted by molar-refractivity contribution is 0.0130. The lowest BCUT2D eigenvalue weighted by Gasteiger charge is -2.21. The fourth-order valence-corrected chi connectivity index (χ4v) is 2.68. The van der Waals surface area contributed by atoms with Crippen LogP contribution in [0.4, 0.5) is 0 Å². The first kappa shape index (κ1) is 10.8. The van der Waals surface area contributed by atoms with Gasteiger partial charge in [0.25, 0.3) is 0 Å². The highest BCUT2D eigenvalue weighted by atomic mass is 32.1. The summed E-state index contributed by atoms with van der Waals surface area (Å²) in [6.07, 6.45) is 4.09. The molecule has 1 aliphatic heterocycles. The van der Waals surface area contributed by atoms with Crippen LogP contribution in [0.15, 0.2) is 12.1 Å². The zero-order chi connectivity index (χ0) is 10.7. The van der Waals surface area contributed by atoms with Gasteiger partial charge in [0, 0.05) is 17.9 Å². The molecule has 0 amide bonds. The largest absolute Gasteiger partial charge is 0.378 e. The van der Waals surface area contributed by atoms with E-state index in [-0.39, 0.29) is 11.9 Å². The minimum absolute atomic E-state index is 0.161. The maximum Gasteiger partial charge on any atom is 0.175 e. The summed E-state index contributed by atoms with van der Waals surface area (Å²) in [5.41, 5.74) is 0. The van der Waals surface area contributed by atoms with Crippen molar-refractivity contribution in [2.45, 2.75) is 38.7 Å². The molecule has 15 heavy (non-hydrogen) atoms. The molecule has 0 N–H and O–H groups in total. The zero-order valence-electron chi connectivity index (χ0n) is 8.99. The fourth-order valence-electron chi connectivity index (χ4n) is 1.86. The highest BCUT2D eigenvalue weighted by molar-refractivity contribution is 7.14. The van der Waals surface area contributed by atoms with Crippen LogP contribution in [-0.4, -0.2) is 18.5 Å². The van der Waals surface area contributed by atoms with Crippen molar-refractivity contribution < 1.29 is 9.53 Å². The molecule has 3 heteroatoms. The normalized spacial score (nSPS) is 21.5. The number of hydrogen-bond donors (Lipinski definition) is 0. The number of carbonyl (C=O) groups is 1. The lowest BCUT2D eigenvalue weighted by Crippen LogP contribution is -2.22. The van der Waals surface area contributed by atoms with Crippen molar-refractivity contribution in [1.29, 1.82) is 0 Å². The van der Waals surface area contributed by atoms with Crippen molar-refractivity contribution in [3.8, 4) is 0 Å². The van der Waals surface area contributed by atoms with Gasteiger partial charge in [-0.05, 0) is 38.3 Å². The predicted octanol–water partition coefficient (Wildman–Crippen LogP) is 3.20. The molecule has 0 bridgehead atoms. The van der Waals surface area contributed by atoms with Crippen LogP contribution < -0.4 is 0 Å². The van der Waals surface area contributed by atoms with Crippen LogP contribution in [0.3, 0.4) is 0 Å². The molecule has 0 spiro atoms.